The van der Waals surface area contributed by atoms with Gasteiger partial charge in [-0.05, 0) is 80.8 Å². The number of alkyl halides is 3. The summed E-state index contributed by atoms with van der Waals surface area (Å²) in [7, 11) is 0. The van der Waals surface area contributed by atoms with Crippen LogP contribution >= 0.6 is 0 Å². The molecule has 2 saturated heterocycles. The number of nitrogens with two attached hydrogens (primary N) is 1. The molecule has 2 aromatic heterocycles. The van der Waals surface area contributed by atoms with Crippen LogP contribution in [-0.2, 0) is 4.79 Å². The molecule has 0 bridgehead atoms. The van der Waals surface area contributed by atoms with Crippen LogP contribution in [0.5, 0.6) is 11.6 Å². The van der Waals surface area contributed by atoms with E-state index in [0.29, 0.717) is 61.7 Å². The fourth-order valence-electron chi connectivity index (χ4n) is 6.45. The zero-order chi connectivity index (χ0) is 34.2. The van der Waals surface area contributed by atoms with Crippen LogP contribution in [0, 0.1) is 12.3 Å². The SMILES string of the molecule is Cc1ccn(-c2cc(-c3ccc(OC(C)C)cc3)ccc2C(Oc2cc(N3CCC4(CC3)CNC(C(=O)O)C4)nc(N)n2)C(F)(F)F)n1. The number of carbonyl (C=O) groups is 1. The first-order valence-electron chi connectivity index (χ1n) is 15.8. The molecule has 2 atom stereocenters. The molecule has 11 nitrogen and oxygen atoms in total. The van der Waals surface area contributed by atoms with Crippen molar-refractivity contribution in [1.82, 2.24) is 25.1 Å². The molecule has 0 aliphatic carbocycles. The number of nitrogens with one attached hydrogen (secondary N) is 1. The molecule has 2 aromatic carbocycles. The van der Waals surface area contributed by atoms with Gasteiger partial charge in [-0.15, -0.1) is 0 Å². The van der Waals surface area contributed by atoms with E-state index in [2.05, 4.69) is 20.4 Å². The molecule has 14 heteroatoms. The summed E-state index contributed by atoms with van der Waals surface area (Å²) in [6.07, 6.45) is -3.71. The lowest BCUT2D eigenvalue weighted by atomic mass is 9.76. The summed E-state index contributed by atoms with van der Waals surface area (Å²) >= 11 is 0. The van der Waals surface area contributed by atoms with Crippen LogP contribution in [-0.4, -0.2) is 68.8 Å². The number of aromatic nitrogens is 4. The van der Waals surface area contributed by atoms with Crippen LogP contribution in [0.4, 0.5) is 24.9 Å². The van der Waals surface area contributed by atoms with Crippen molar-refractivity contribution in [3.8, 4) is 28.4 Å². The standard InChI is InChI=1S/C34H38F3N7O4/c1-20(2)47-24-7-4-22(5-8-24)23-6-9-25(27(16-23)44-13-10-21(3)42-44)30(34(35,36)37)48-29-17-28(40-32(38)41-29)43-14-11-33(12-15-43)18-26(31(45)46)39-19-33/h4-10,13,16-17,20,26,30,39H,11-12,14-15,18-19H2,1-3H3,(H,45,46)(H2,38,40,41). The first-order chi connectivity index (χ1) is 22.8. The number of hydrogen-bond acceptors (Lipinski definition) is 9. The number of carboxylic acid groups (broad SMARTS) is 1. The molecule has 2 fully saturated rings. The smallest absolute Gasteiger partial charge is 0.429 e. The van der Waals surface area contributed by atoms with E-state index < -0.39 is 24.3 Å². The van der Waals surface area contributed by atoms with Gasteiger partial charge in [0.1, 0.15) is 17.6 Å². The Bertz CT molecular complexity index is 1770. The van der Waals surface area contributed by atoms with Gasteiger partial charge in [-0.3, -0.25) is 4.79 Å². The number of carboxylic acids is 1. The largest absolute Gasteiger partial charge is 0.491 e. The number of rotatable bonds is 9. The minimum absolute atomic E-state index is 0.000381. The van der Waals surface area contributed by atoms with E-state index in [-0.39, 0.29) is 34.6 Å². The maximum Gasteiger partial charge on any atom is 0.429 e. The van der Waals surface area contributed by atoms with E-state index in [4.69, 9.17) is 15.2 Å². The molecule has 4 N–H and O–H groups in total. The van der Waals surface area contributed by atoms with Crippen LogP contribution in [0.15, 0.2) is 60.8 Å². The lowest BCUT2D eigenvalue weighted by Crippen LogP contribution is -2.41. The third-order valence-corrected chi connectivity index (χ3v) is 8.89. The summed E-state index contributed by atoms with van der Waals surface area (Å²) in [5, 5.41) is 16.9. The Hall–Kier alpha value is -4.85. The van der Waals surface area contributed by atoms with Gasteiger partial charge in [0.05, 0.1) is 17.5 Å². The Morgan fingerprint density at radius 2 is 1.75 bits per heavy atom. The second kappa shape index (κ2) is 13.0. The topological polar surface area (TPSA) is 141 Å². The van der Waals surface area contributed by atoms with Crippen molar-refractivity contribution >= 4 is 17.7 Å². The van der Waals surface area contributed by atoms with Crippen LogP contribution in [0.3, 0.4) is 0 Å². The van der Waals surface area contributed by atoms with E-state index in [9.17, 15) is 23.1 Å². The van der Waals surface area contributed by atoms with Crippen molar-refractivity contribution in [1.29, 1.82) is 0 Å². The van der Waals surface area contributed by atoms with E-state index in [1.54, 1.807) is 31.3 Å². The van der Waals surface area contributed by atoms with Gasteiger partial charge >= 0.3 is 12.1 Å². The highest BCUT2D eigenvalue weighted by Crippen LogP contribution is 2.43. The Kier molecular flexibility index (Phi) is 8.94. The number of halogens is 3. The van der Waals surface area contributed by atoms with Gasteiger partial charge in [-0.1, -0.05) is 24.3 Å². The highest BCUT2D eigenvalue weighted by atomic mass is 19.4. The van der Waals surface area contributed by atoms with E-state index in [1.165, 1.54) is 16.8 Å². The molecule has 6 rings (SSSR count). The molecule has 48 heavy (non-hydrogen) atoms. The third-order valence-electron chi connectivity index (χ3n) is 8.89. The van der Waals surface area contributed by atoms with Crippen molar-refractivity contribution in [2.24, 2.45) is 5.41 Å². The number of aliphatic carboxylic acids is 1. The summed E-state index contributed by atoms with van der Waals surface area (Å²) in [6.45, 7) is 7.27. The van der Waals surface area contributed by atoms with E-state index in [0.717, 1.165) is 5.56 Å². The summed E-state index contributed by atoms with van der Waals surface area (Å²) in [4.78, 5) is 21.7. The second-order valence-corrected chi connectivity index (χ2v) is 12.8. The minimum Gasteiger partial charge on any atom is -0.491 e. The average molecular weight is 666 g/mol. The van der Waals surface area contributed by atoms with Crippen LogP contribution in [0.1, 0.15) is 50.5 Å². The molecule has 4 heterocycles. The Balaban J connectivity index is 1.29. The maximum absolute atomic E-state index is 14.9. The molecule has 4 aromatic rings. The lowest BCUT2D eigenvalue weighted by molar-refractivity contribution is -0.198. The fourth-order valence-corrected chi connectivity index (χ4v) is 6.45. The highest BCUT2D eigenvalue weighted by Gasteiger charge is 2.46. The summed E-state index contributed by atoms with van der Waals surface area (Å²) in [5.41, 5.74) is 7.98. The summed E-state index contributed by atoms with van der Waals surface area (Å²) < 4.78 is 57.4. The first kappa shape index (κ1) is 33.1. The molecule has 2 aliphatic rings. The zero-order valence-corrected chi connectivity index (χ0v) is 26.9. The van der Waals surface area contributed by atoms with Gasteiger partial charge < -0.3 is 30.5 Å². The van der Waals surface area contributed by atoms with Gasteiger partial charge in [-0.2, -0.15) is 28.2 Å². The van der Waals surface area contributed by atoms with Crippen molar-refractivity contribution in [3.05, 3.63) is 72.1 Å². The summed E-state index contributed by atoms with van der Waals surface area (Å²) in [6, 6.07) is 14.5. The van der Waals surface area contributed by atoms with Gasteiger partial charge in [0, 0.05) is 37.5 Å². The zero-order valence-electron chi connectivity index (χ0n) is 26.9. The molecule has 0 amide bonds. The number of hydrogen-bond donors (Lipinski definition) is 3. The van der Waals surface area contributed by atoms with Crippen molar-refractivity contribution in [2.75, 3.05) is 30.3 Å². The van der Waals surface area contributed by atoms with Crippen LogP contribution < -0.4 is 25.4 Å². The normalized spacial score (nSPS) is 18.3. The van der Waals surface area contributed by atoms with E-state index >= 15 is 0 Å². The number of benzene rings is 2. The molecule has 1 spiro atoms. The molecular formula is C34H38F3N7O4. The molecule has 2 unspecified atom stereocenters. The Morgan fingerprint density at radius 1 is 1.04 bits per heavy atom. The maximum atomic E-state index is 14.9. The van der Waals surface area contributed by atoms with Gasteiger partial charge in [0.25, 0.3) is 0 Å². The number of nitrogens with zero attached hydrogens (tertiary/aromatic N) is 5. The number of aryl methyl sites for hydroxylation is 1. The van der Waals surface area contributed by atoms with Crippen molar-refractivity contribution in [3.63, 3.8) is 0 Å². The monoisotopic (exact) mass is 665 g/mol. The number of nitrogen functional groups attached to an aromatic ring is 1. The van der Waals surface area contributed by atoms with Crippen molar-refractivity contribution < 1.29 is 32.5 Å². The highest BCUT2D eigenvalue weighted by molar-refractivity contribution is 5.74. The number of ether oxygens (including phenoxy) is 2. The molecule has 2 aliphatic heterocycles. The lowest BCUT2D eigenvalue weighted by Gasteiger charge is -2.39. The van der Waals surface area contributed by atoms with E-state index in [1.807, 2.05) is 43.0 Å². The average Bonchev–Trinajstić information content (AvgIpc) is 3.66. The van der Waals surface area contributed by atoms with Gasteiger partial charge in [-0.25, -0.2) is 4.68 Å². The molecular weight excluding hydrogens is 627 g/mol. The van der Waals surface area contributed by atoms with Crippen LogP contribution in [0.2, 0.25) is 0 Å². The Morgan fingerprint density at radius 3 is 2.35 bits per heavy atom. The number of anilines is 2. The number of piperidine rings is 1. The quantitative estimate of drug-likeness (QED) is 0.203. The van der Waals surface area contributed by atoms with Gasteiger partial charge in [0.15, 0.2) is 0 Å². The second-order valence-electron chi connectivity index (χ2n) is 12.8. The fraction of sp³-hybridized carbons (Fsp3) is 0.412. The predicted octanol–water partition coefficient (Wildman–Crippen LogP) is 5.72. The molecule has 0 saturated carbocycles. The third kappa shape index (κ3) is 7.18. The van der Waals surface area contributed by atoms with Crippen LogP contribution in [0.25, 0.3) is 16.8 Å². The minimum atomic E-state index is -4.83. The summed E-state index contributed by atoms with van der Waals surface area (Å²) in [5.74, 6) is -0.377. The predicted molar refractivity (Wildman–Crippen MR) is 173 cm³/mol. The van der Waals surface area contributed by atoms with Crippen molar-refractivity contribution in [2.45, 2.75) is 64.5 Å². The molecule has 254 valence electrons. The Labute approximate surface area is 275 Å². The van der Waals surface area contributed by atoms with Gasteiger partial charge in [0.2, 0.25) is 17.9 Å². The molecule has 0 radical (unpaired) electrons. The first-order valence-corrected chi connectivity index (χ1v) is 15.8.